The predicted molar refractivity (Wildman–Crippen MR) is 112 cm³/mol. The maximum atomic E-state index is 12.8. The molecule has 2 rings (SSSR count). The van der Waals surface area contributed by atoms with E-state index in [4.69, 9.17) is 11.6 Å². The Kier molecular flexibility index (Phi) is 7.97. The molecule has 9 heteroatoms. The summed E-state index contributed by atoms with van der Waals surface area (Å²) in [5.41, 5.74) is 1.20. The Bertz CT molecular complexity index is 887. The molecule has 0 bridgehead atoms. The maximum absolute atomic E-state index is 12.8. The summed E-state index contributed by atoms with van der Waals surface area (Å²) in [4.78, 5) is 37.1. The number of amides is 2. The molecule has 0 saturated heterocycles. The number of nitrogens with zero attached hydrogens (tertiary/aromatic N) is 2. The molecule has 2 aromatic rings. The third-order valence-electron chi connectivity index (χ3n) is 4.21. The zero-order valence-electron chi connectivity index (χ0n) is 16.3. The van der Waals surface area contributed by atoms with Gasteiger partial charge in [-0.3, -0.25) is 19.7 Å². The summed E-state index contributed by atoms with van der Waals surface area (Å²) in [6, 6.07) is 11.3. The smallest absolute Gasteiger partial charge is 0.293 e. The van der Waals surface area contributed by atoms with Gasteiger partial charge in [0.05, 0.1) is 11.5 Å². The number of carbonyl (C=O) groups excluding carboxylic acids is 2. The van der Waals surface area contributed by atoms with E-state index >= 15 is 0 Å². The molecule has 154 valence electrons. The van der Waals surface area contributed by atoms with Gasteiger partial charge in [0.1, 0.15) is 5.69 Å². The molecule has 2 amide bonds. The first-order valence-electron chi connectivity index (χ1n) is 9.18. The SMILES string of the molecule is CCNc1ccc(C(=O)N(CC)CC(=O)NCc2ccc(Cl)cc2)cc1[N+](=O)[O-]. The van der Waals surface area contributed by atoms with E-state index in [-0.39, 0.29) is 30.2 Å². The molecule has 8 nitrogen and oxygen atoms in total. The second-order valence-corrected chi connectivity index (χ2v) is 6.68. The topological polar surface area (TPSA) is 105 Å². The van der Waals surface area contributed by atoms with Gasteiger partial charge >= 0.3 is 0 Å². The summed E-state index contributed by atoms with van der Waals surface area (Å²) in [5.74, 6) is -0.769. The average Bonchev–Trinajstić information content (AvgIpc) is 2.71. The first kappa shape index (κ1) is 22.2. The van der Waals surface area contributed by atoms with E-state index < -0.39 is 10.8 Å². The first-order valence-corrected chi connectivity index (χ1v) is 9.56. The van der Waals surface area contributed by atoms with E-state index in [2.05, 4.69) is 10.6 Å². The van der Waals surface area contributed by atoms with Crippen molar-refractivity contribution in [3.63, 3.8) is 0 Å². The van der Waals surface area contributed by atoms with Crippen molar-refractivity contribution in [3.8, 4) is 0 Å². The van der Waals surface area contributed by atoms with Crippen LogP contribution in [0.25, 0.3) is 0 Å². The van der Waals surface area contributed by atoms with Crippen molar-refractivity contribution in [1.29, 1.82) is 0 Å². The summed E-state index contributed by atoms with van der Waals surface area (Å²) >= 11 is 5.84. The summed E-state index contributed by atoms with van der Waals surface area (Å²) in [7, 11) is 0. The predicted octanol–water partition coefficient (Wildman–Crippen LogP) is 3.46. The number of benzene rings is 2. The average molecular weight is 419 g/mol. The maximum Gasteiger partial charge on any atom is 0.293 e. The number of carbonyl (C=O) groups is 2. The van der Waals surface area contributed by atoms with Crippen molar-refractivity contribution in [2.24, 2.45) is 0 Å². The van der Waals surface area contributed by atoms with Crippen LogP contribution in [-0.2, 0) is 11.3 Å². The van der Waals surface area contributed by atoms with Gasteiger partial charge < -0.3 is 15.5 Å². The molecule has 0 fully saturated rings. The molecule has 0 aliphatic carbocycles. The van der Waals surface area contributed by atoms with Crippen LogP contribution in [0.3, 0.4) is 0 Å². The summed E-state index contributed by atoms with van der Waals surface area (Å²) in [6.45, 7) is 4.53. The lowest BCUT2D eigenvalue weighted by molar-refractivity contribution is -0.384. The normalized spacial score (nSPS) is 10.3. The summed E-state index contributed by atoms with van der Waals surface area (Å²) in [5, 5.41) is 17.6. The van der Waals surface area contributed by atoms with Gasteiger partial charge in [0.2, 0.25) is 5.91 Å². The highest BCUT2D eigenvalue weighted by Crippen LogP contribution is 2.26. The molecule has 0 radical (unpaired) electrons. The highest BCUT2D eigenvalue weighted by Gasteiger charge is 2.21. The number of hydrogen-bond donors (Lipinski definition) is 2. The highest BCUT2D eigenvalue weighted by atomic mass is 35.5. The van der Waals surface area contributed by atoms with Gasteiger partial charge in [0.15, 0.2) is 0 Å². The van der Waals surface area contributed by atoms with Gasteiger partial charge in [0, 0.05) is 36.3 Å². The minimum Gasteiger partial charge on any atom is -0.380 e. The molecule has 0 heterocycles. The van der Waals surface area contributed by atoms with Crippen molar-refractivity contribution in [2.45, 2.75) is 20.4 Å². The fourth-order valence-corrected chi connectivity index (χ4v) is 2.82. The van der Waals surface area contributed by atoms with Crippen molar-refractivity contribution in [3.05, 3.63) is 68.7 Å². The van der Waals surface area contributed by atoms with E-state index in [0.717, 1.165) is 5.56 Å². The van der Waals surface area contributed by atoms with E-state index in [0.29, 0.717) is 23.8 Å². The quantitative estimate of drug-likeness (QED) is 0.479. The largest absolute Gasteiger partial charge is 0.380 e. The van der Waals surface area contributed by atoms with Gasteiger partial charge in [0.25, 0.3) is 11.6 Å². The van der Waals surface area contributed by atoms with Gasteiger partial charge in [-0.2, -0.15) is 0 Å². The molecule has 0 spiro atoms. The highest BCUT2D eigenvalue weighted by molar-refractivity contribution is 6.30. The van der Waals surface area contributed by atoms with Crippen LogP contribution in [0.1, 0.15) is 29.8 Å². The molecule has 0 aliphatic rings. The van der Waals surface area contributed by atoms with Crippen LogP contribution in [0.4, 0.5) is 11.4 Å². The van der Waals surface area contributed by atoms with Crippen molar-refractivity contribution in [2.75, 3.05) is 25.0 Å². The number of halogens is 1. The van der Waals surface area contributed by atoms with Gasteiger partial charge in [-0.1, -0.05) is 23.7 Å². The van der Waals surface area contributed by atoms with Crippen LogP contribution < -0.4 is 10.6 Å². The number of nitro benzene ring substituents is 1. The number of hydrogen-bond acceptors (Lipinski definition) is 5. The van der Waals surface area contributed by atoms with Crippen molar-refractivity contribution < 1.29 is 14.5 Å². The number of nitrogens with one attached hydrogen (secondary N) is 2. The number of likely N-dealkylation sites (N-methyl/N-ethyl adjacent to an activating group) is 1. The monoisotopic (exact) mass is 418 g/mol. The molecule has 0 aromatic heterocycles. The molecule has 29 heavy (non-hydrogen) atoms. The van der Waals surface area contributed by atoms with E-state index in [9.17, 15) is 19.7 Å². The third kappa shape index (κ3) is 6.18. The standard InChI is InChI=1S/C20H23ClN4O4/c1-3-22-17-10-7-15(11-18(17)25(28)29)20(27)24(4-2)13-19(26)23-12-14-5-8-16(21)9-6-14/h5-11,22H,3-4,12-13H2,1-2H3,(H,23,26). The van der Waals surface area contributed by atoms with E-state index in [1.807, 2.05) is 6.92 Å². The van der Waals surface area contributed by atoms with Crippen LogP contribution >= 0.6 is 11.6 Å². The zero-order valence-corrected chi connectivity index (χ0v) is 17.0. The number of anilines is 1. The molecular weight excluding hydrogens is 396 g/mol. The Labute approximate surface area is 174 Å². The Balaban J connectivity index is 2.05. The van der Waals surface area contributed by atoms with Crippen LogP contribution in [0, 0.1) is 10.1 Å². The minimum atomic E-state index is -0.538. The molecule has 0 saturated carbocycles. The Morgan fingerprint density at radius 2 is 1.83 bits per heavy atom. The molecule has 2 N–H and O–H groups in total. The fraction of sp³-hybridized carbons (Fsp3) is 0.300. The lowest BCUT2D eigenvalue weighted by Crippen LogP contribution is -2.40. The first-order chi connectivity index (χ1) is 13.8. The van der Waals surface area contributed by atoms with Gasteiger partial charge in [-0.15, -0.1) is 0 Å². The van der Waals surface area contributed by atoms with E-state index in [1.165, 1.54) is 23.1 Å². The Morgan fingerprint density at radius 1 is 1.14 bits per heavy atom. The van der Waals surface area contributed by atoms with Crippen LogP contribution in [0.5, 0.6) is 0 Å². The molecule has 2 aromatic carbocycles. The van der Waals surface area contributed by atoms with Crippen LogP contribution in [0.2, 0.25) is 5.02 Å². The third-order valence-corrected chi connectivity index (χ3v) is 4.47. The van der Waals surface area contributed by atoms with Crippen LogP contribution in [0.15, 0.2) is 42.5 Å². The zero-order chi connectivity index (χ0) is 21.4. The second kappa shape index (κ2) is 10.4. The summed E-state index contributed by atoms with van der Waals surface area (Å²) in [6.07, 6.45) is 0. The number of rotatable bonds is 9. The minimum absolute atomic E-state index is 0.147. The van der Waals surface area contributed by atoms with Crippen molar-refractivity contribution >= 4 is 34.8 Å². The molecule has 0 atom stereocenters. The fourth-order valence-electron chi connectivity index (χ4n) is 2.70. The summed E-state index contributed by atoms with van der Waals surface area (Å²) < 4.78 is 0. The molecule has 0 aliphatic heterocycles. The molecular formula is C20H23ClN4O4. The second-order valence-electron chi connectivity index (χ2n) is 6.24. The Morgan fingerprint density at radius 3 is 2.41 bits per heavy atom. The molecule has 0 unspecified atom stereocenters. The van der Waals surface area contributed by atoms with Crippen LogP contribution in [-0.4, -0.2) is 41.3 Å². The number of nitro groups is 1. The van der Waals surface area contributed by atoms with Crippen molar-refractivity contribution in [1.82, 2.24) is 10.2 Å². The van der Waals surface area contributed by atoms with Gasteiger partial charge in [-0.25, -0.2) is 0 Å². The van der Waals surface area contributed by atoms with E-state index in [1.54, 1.807) is 31.2 Å². The lowest BCUT2D eigenvalue weighted by Gasteiger charge is -2.20. The lowest BCUT2D eigenvalue weighted by atomic mass is 10.1. The Hall–Kier alpha value is -3.13. The van der Waals surface area contributed by atoms with Gasteiger partial charge in [-0.05, 0) is 43.7 Å².